The molecule has 1 N–H and O–H groups in total. The Bertz CT molecular complexity index is 755. The lowest BCUT2D eigenvalue weighted by atomic mass is 10.1. The first-order valence-electron chi connectivity index (χ1n) is 7.00. The Morgan fingerprint density at radius 1 is 1.33 bits per heavy atom. The molecule has 2 aromatic rings. The minimum atomic E-state index is -0.555. The maximum atomic E-state index is 10.9. The Balaban J connectivity index is 1.87. The number of halogens is 1. The van der Waals surface area contributed by atoms with Gasteiger partial charge in [0.05, 0.1) is 18.6 Å². The molecular weight excluding hydrogens is 352 g/mol. The first-order valence-corrected chi connectivity index (χ1v) is 7.79. The summed E-state index contributed by atoms with van der Waals surface area (Å²) in [4.78, 5) is 10.3. The van der Waals surface area contributed by atoms with E-state index in [1.807, 2.05) is 24.3 Å². The van der Waals surface area contributed by atoms with E-state index in [0.717, 1.165) is 11.3 Å². The predicted octanol–water partition coefficient (Wildman–Crippen LogP) is 4.21. The SMILES string of the molecule is COc1cccc(CCOC(=S)Nc2ccc(Cl)c([N+](=O)[O-])c2)c1. The molecule has 6 nitrogen and oxygen atoms in total. The number of hydrogen-bond donors (Lipinski definition) is 1. The van der Waals surface area contributed by atoms with Crippen molar-refractivity contribution in [2.24, 2.45) is 0 Å². The average Bonchev–Trinajstić information content (AvgIpc) is 2.56. The number of rotatable bonds is 6. The molecule has 0 amide bonds. The molecule has 2 aromatic carbocycles. The van der Waals surface area contributed by atoms with Crippen LogP contribution in [0.15, 0.2) is 42.5 Å². The lowest BCUT2D eigenvalue weighted by Crippen LogP contribution is -2.15. The summed E-state index contributed by atoms with van der Waals surface area (Å²) in [5, 5.41) is 13.9. The highest BCUT2D eigenvalue weighted by Crippen LogP contribution is 2.27. The molecule has 0 aromatic heterocycles. The van der Waals surface area contributed by atoms with Gasteiger partial charge in [0.25, 0.3) is 10.9 Å². The summed E-state index contributed by atoms with van der Waals surface area (Å²) in [7, 11) is 1.61. The van der Waals surface area contributed by atoms with E-state index < -0.39 is 4.92 Å². The van der Waals surface area contributed by atoms with Gasteiger partial charge >= 0.3 is 0 Å². The number of nitrogens with one attached hydrogen (secondary N) is 1. The third kappa shape index (κ3) is 5.07. The molecule has 0 spiro atoms. The lowest BCUT2D eigenvalue weighted by Gasteiger charge is -2.10. The third-order valence-electron chi connectivity index (χ3n) is 3.15. The number of methoxy groups -OCH3 is 1. The van der Waals surface area contributed by atoms with E-state index in [0.29, 0.717) is 18.7 Å². The van der Waals surface area contributed by atoms with Crippen LogP contribution in [0.2, 0.25) is 5.02 Å². The van der Waals surface area contributed by atoms with Gasteiger partial charge in [0.15, 0.2) is 0 Å². The van der Waals surface area contributed by atoms with Gasteiger partial charge in [-0.2, -0.15) is 0 Å². The van der Waals surface area contributed by atoms with Crippen molar-refractivity contribution in [1.82, 2.24) is 0 Å². The van der Waals surface area contributed by atoms with Crippen LogP contribution in [-0.4, -0.2) is 23.8 Å². The van der Waals surface area contributed by atoms with Gasteiger partial charge in [0.2, 0.25) is 0 Å². The van der Waals surface area contributed by atoms with E-state index in [4.69, 9.17) is 33.3 Å². The molecule has 0 saturated carbocycles. The molecule has 0 heterocycles. The topological polar surface area (TPSA) is 73.6 Å². The van der Waals surface area contributed by atoms with E-state index in [1.54, 1.807) is 13.2 Å². The zero-order chi connectivity index (χ0) is 17.5. The molecule has 0 aliphatic heterocycles. The minimum absolute atomic E-state index is 0.0652. The Labute approximate surface area is 149 Å². The highest BCUT2D eigenvalue weighted by molar-refractivity contribution is 7.80. The van der Waals surface area contributed by atoms with Crippen LogP contribution in [0.1, 0.15) is 5.56 Å². The van der Waals surface area contributed by atoms with Crippen LogP contribution < -0.4 is 10.1 Å². The normalized spacial score (nSPS) is 10.1. The van der Waals surface area contributed by atoms with Gasteiger partial charge < -0.3 is 14.8 Å². The second-order valence-corrected chi connectivity index (χ2v) is 5.56. The molecule has 2 rings (SSSR count). The zero-order valence-electron chi connectivity index (χ0n) is 12.8. The number of hydrogen-bond acceptors (Lipinski definition) is 5. The van der Waals surface area contributed by atoms with Crippen LogP contribution in [0.3, 0.4) is 0 Å². The number of ether oxygens (including phenoxy) is 2. The van der Waals surface area contributed by atoms with Gasteiger partial charge in [-0.15, -0.1) is 0 Å². The maximum Gasteiger partial charge on any atom is 0.289 e. The number of benzene rings is 2. The second-order valence-electron chi connectivity index (χ2n) is 4.79. The summed E-state index contributed by atoms with van der Waals surface area (Å²) < 4.78 is 10.6. The Hall–Kier alpha value is -2.38. The van der Waals surface area contributed by atoms with Crippen LogP contribution in [0, 0.1) is 10.1 Å². The highest BCUT2D eigenvalue weighted by atomic mass is 35.5. The van der Waals surface area contributed by atoms with Crippen molar-refractivity contribution in [2.75, 3.05) is 19.0 Å². The molecule has 0 aliphatic carbocycles. The number of nitro benzene ring substituents is 1. The fraction of sp³-hybridized carbons (Fsp3) is 0.188. The predicted molar refractivity (Wildman–Crippen MR) is 97.0 cm³/mol. The Morgan fingerprint density at radius 3 is 2.83 bits per heavy atom. The van der Waals surface area contributed by atoms with E-state index in [-0.39, 0.29) is 15.9 Å². The molecule has 8 heteroatoms. The van der Waals surface area contributed by atoms with E-state index in [1.165, 1.54) is 12.1 Å². The standard InChI is InChI=1S/C16H15ClN2O4S/c1-22-13-4-2-3-11(9-13)7-8-23-16(24)18-12-5-6-14(17)15(10-12)19(20)21/h2-6,9-10H,7-8H2,1H3,(H,18,24). The molecule has 0 fully saturated rings. The molecule has 0 aliphatic rings. The van der Waals surface area contributed by atoms with Crippen molar-refractivity contribution in [2.45, 2.75) is 6.42 Å². The largest absolute Gasteiger partial charge is 0.497 e. The van der Waals surface area contributed by atoms with Crippen molar-refractivity contribution in [3.8, 4) is 5.75 Å². The van der Waals surface area contributed by atoms with Gasteiger partial charge in [-0.3, -0.25) is 10.1 Å². The molecule has 0 saturated heterocycles. The molecule has 126 valence electrons. The van der Waals surface area contributed by atoms with Gasteiger partial charge in [-0.1, -0.05) is 23.7 Å². The number of anilines is 1. The maximum absolute atomic E-state index is 10.9. The zero-order valence-corrected chi connectivity index (χ0v) is 14.4. The average molecular weight is 367 g/mol. The van der Waals surface area contributed by atoms with Gasteiger partial charge in [0, 0.05) is 18.2 Å². The molecular formula is C16H15ClN2O4S. The van der Waals surface area contributed by atoms with Crippen LogP contribution >= 0.6 is 23.8 Å². The van der Waals surface area contributed by atoms with Crippen molar-refractivity contribution in [1.29, 1.82) is 0 Å². The summed E-state index contributed by atoms with van der Waals surface area (Å²) in [6.07, 6.45) is 0.653. The summed E-state index contributed by atoms with van der Waals surface area (Å²) in [6, 6.07) is 12.0. The number of nitrogens with zero attached hydrogens (tertiary/aromatic N) is 1. The van der Waals surface area contributed by atoms with Gasteiger partial charge in [-0.05, 0) is 42.0 Å². The van der Waals surface area contributed by atoms with Crippen molar-refractivity contribution in [3.63, 3.8) is 0 Å². The third-order valence-corrected chi connectivity index (χ3v) is 3.69. The highest BCUT2D eigenvalue weighted by Gasteiger charge is 2.13. The monoisotopic (exact) mass is 366 g/mol. The van der Waals surface area contributed by atoms with E-state index >= 15 is 0 Å². The van der Waals surface area contributed by atoms with Crippen molar-refractivity contribution in [3.05, 3.63) is 63.2 Å². The first-order chi connectivity index (χ1) is 11.5. The van der Waals surface area contributed by atoms with E-state index in [9.17, 15) is 10.1 Å². The van der Waals surface area contributed by atoms with Crippen molar-refractivity contribution < 1.29 is 14.4 Å². The van der Waals surface area contributed by atoms with Crippen LogP contribution in [-0.2, 0) is 11.2 Å². The Morgan fingerprint density at radius 2 is 2.12 bits per heavy atom. The molecule has 0 radical (unpaired) electrons. The minimum Gasteiger partial charge on any atom is -0.497 e. The summed E-state index contributed by atoms with van der Waals surface area (Å²) in [5.41, 5.74) is 1.30. The summed E-state index contributed by atoms with van der Waals surface area (Å²) in [5.74, 6) is 0.779. The van der Waals surface area contributed by atoms with Gasteiger partial charge in [-0.25, -0.2) is 0 Å². The molecule has 0 bridgehead atoms. The summed E-state index contributed by atoms with van der Waals surface area (Å²) in [6.45, 7) is 0.370. The van der Waals surface area contributed by atoms with Crippen LogP contribution in [0.25, 0.3) is 0 Å². The Kier molecular flexibility index (Phi) is 6.34. The first kappa shape index (κ1) is 18.0. The fourth-order valence-electron chi connectivity index (χ4n) is 1.97. The molecule has 0 unspecified atom stereocenters. The summed E-state index contributed by atoms with van der Waals surface area (Å²) >= 11 is 10.8. The van der Waals surface area contributed by atoms with Crippen molar-refractivity contribution >= 4 is 40.4 Å². The number of thiocarbonyl (C=S) groups is 1. The molecule has 0 atom stereocenters. The van der Waals surface area contributed by atoms with Gasteiger partial charge in [0.1, 0.15) is 10.8 Å². The second kappa shape index (κ2) is 8.47. The quantitative estimate of drug-likeness (QED) is 0.469. The van der Waals surface area contributed by atoms with Crippen LogP contribution in [0.5, 0.6) is 5.75 Å². The lowest BCUT2D eigenvalue weighted by molar-refractivity contribution is -0.384. The van der Waals surface area contributed by atoms with Crippen LogP contribution in [0.4, 0.5) is 11.4 Å². The fourth-order valence-corrected chi connectivity index (χ4v) is 2.36. The van der Waals surface area contributed by atoms with E-state index in [2.05, 4.69) is 5.32 Å². The smallest absolute Gasteiger partial charge is 0.289 e. The molecule has 24 heavy (non-hydrogen) atoms. The number of nitro groups is 1.